The molecule has 0 saturated carbocycles. The number of H-pyrrole nitrogens is 2. The van der Waals surface area contributed by atoms with Crippen molar-refractivity contribution in [3.63, 3.8) is 0 Å². The minimum absolute atomic E-state index is 0.0299. The van der Waals surface area contributed by atoms with Crippen LogP contribution in [-0.4, -0.2) is 104 Å². The minimum atomic E-state index is -0.719. The van der Waals surface area contributed by atoms with Gasteiger partial charge in [0, 0.05) is 22.2 Å². The Bertz CT molecular complexity index is 2440. The molecule has 1 unspecified atom stereocenters. The summed E-state index contributed by atoms with van der Waals surface area (Å²) in [5.74, 6) is 2.57. The summed E-state index contributed by atoms with van der Waals surface area (Å²) in [7, 11) is 2.56. The lowest BCUT2D eigenvalue weighted by Crippen LogP contribution is -2.53. The molecule has 308 valence electrons. The van der Waals surface area contributed by atoms with Crippen molar-refractivity contribution in [2.45, 2.75) is 64.3 Å². The molecular formula is C44H51N8O6S+. The van der Waals surface area contributed by atoms with Gasteiger partial charge in [-0.2, -0.15) is 0 Å². The molecule has 3 aliphatic rings. The normalized spacial score (nSPS) is 22.1. The van der Waals surface area contributed by atoms with Crippen LogP contribution in [0.2, 0.25) is 0 Å². The second kappa shape index (κ2) is 16.1. The third-order valence-electron chi connectivity index (χ3n) is 11.9. The van der Waals surface area contributed by atoms with Gasteiger partial charge in [0.05, 0.1) is 55.5 Å². The lowest BCUT2D eigenvalue weighted by atomic mass is 9.89. The number of carbonyl (C=O) groups excluding carboxylic acids is 4. The van der Waals surface area contributed by atoms with Crippen LogP contribution >= 0.6 is 0 Å². The largest absolute Gasteiger partial charge is 0.453 e. The van der Waals surface area contributed by atoms with Crippen molar-refractivity contribution in [1.82, 2.24) is 40.4 Å². The van der Waals surface area contributed by atoms with Gasteiger partial charge in [0.1, 0.15) is 35.5 Å². The first-order valence-corrected chi connectivity index (χ1v) is 22.0. The zero-order valence-electron chi connectivity index (χ0n) is 34.3. The summed E-state index contributed by atoms with van der Waals surface area (Å²) < 4.78 is 9.62. The fourth-order valence-corrected chi connectivity index (χ4v) is 10.3. The lowest BCUT2D eigenvalue weighted by Gasteiger charge is -2.35. The van der Waals surface area contributed by atoms with E-state index in [2.05, 4.69) is 81.5 Å². The van der Waals surface area contributed by atoms with Crippen LogP contribution in [0.4, 0.5) is 9.59 Å². The standard InChI is InChI=1S/C44H50N8O6S/c1-23(2)36(49-43(55)57-5)41(53)51-22-59(7)21-35(51)40-46-31-16-13-28-18-27(12-15-30(28)38(31)48-40)25-8-10-26(11-9-25)32-20-45-39(47-32)34-19-29-14-17-33(29)52(34)42(54)37(24(3)4)50-44(56)58-6/h8-18,20,23-24,29,33-37H,19,21-22H2,1-7H3,(H3-,45,46,47,48,49,50,55,56)/p+1/t29-,33-,34+,35+,36+,37+,59?/m1/s1. The highest BCUT2D eigenvalue weighted by Crippen LogP contribution is 2.45. The van der Waals surface area contributed by atoms with Crippen molar-refractivity contribution >= 4 is 56.7 Å². The second-order valence-electron chi connectivity index (χ2n) is 16.4. The smallest absolute Gasteiger partial charge is 0.407 e. The predicted octanol–water partition coefficient (Wildman–Crippen LogP) is 6.45. The molecule has 4 heterocycles. The number of likely N-dealkylation sites (tertiary alicyclic amines) is 1. The molecule has 7 atom stereocenters. The molecule has 15 heteroatoms. The third-order valence-corrected chi connectivity index (χ3v) is 13.5. The van der Waals surface area contributed by atoms with E-state index >= 15 is 0 Å². The van der Waals surface area contributed by atoms with Gasteiger partial charge in [-0.15, -0.1) is 0 Å². The van der Waals surface area contributed by atoms with Crippen LogP contribution in [0.15, 0.2) is 72.9 Å². The quantitative estimate of drug-likeness (QED) is 0.0919. The Hall–Kier alpha value is -5.83. The SMILES string of the molecule is COC(=O)N[C@H](C(=O)N1C[S+](C)C[C@H]1c1nc2c(ccc3cc(-c4ccc(-c5cnc([C@@H]6C[C@H]7C=C[C@H]7N6C(=O)[C@@H](NC(=O)OC)C(C)C)[nH]5)cc4)ccc32)[nH]1)C(C)C. The summed E-state index contributed by atoms with van der Waals surface area (Å²) in [5.41, 5.74) is 5.70. The molecule has 8 rings (SSSR count). The van der Waals surface area contributed by atoms with E-state index in [1.54, 1.807) is 0 Å². The van der Waals surface area contributed by atoms with Crippen LogP contribution in [0.25, 0.3) is 44.2 Å². The molecule has 59 heavy (non-hydrogen) atoms. The van der Waals surface area contributed by atoms with E-state index in [9.17, 15) is 19.2 Å². The van der Waals surface area contributed by atoms with Gasteiger partial charge in [0.25, 0.3) is 0 Å². The highest BCUT2D eigenvalue weighted by Gasteiger charge is 2.49. The average Bonchev–Trinajstić information content (AvgIpc) is 4.02. The van der Waals surface area contributed by atoms with Crippen molar-refractivity contribution in [2.24, 2.45) is 17.8 Å². The van der Waals surface area contributed by atoms with Crippen molar-refractivity contribution in [2.75, 3.05) is 32.1 Å². The number of aromatic amines is 2. The summed E-state index contributed by atoms with van der Waals surface area (Å²) in [6.07, 6.45) is 7.66. The molecule has 5 aromatic rings. The lowest BCUT2D eigenvalue weighted by molar-refractivity contribution is -0.137. The van der Waals surface area contributed by atoms with Gasteiger partial charge in [-0.3, -0.25) is 14.5 Å². The van der Waals surface area contributed by atoms with Crippen molar-refractivity contribution in [1.29, 1.82) is 0 Å². The van der Waals surface area contributed by atoms with Crippen molar-refractivity contribution in [3.8, 4) is 22.4 Å². The summed E-state index contributed by atoms with van der Waals surface area (Å²) in [4.78, 5) is 72.6. The number of nitrogens with one attached hydrogen (secondary N) is 4. The van der Waals surface area contributed by atoms with Crippen LogP contribution in [-0.2, 0) is 30.0 Å². The van der Waals surface area contributed by atoms with Crippen molar-refractivity contribution in [3.05, 3.63) is 84.6 Å². The van der Waals surface area contributed by atoms with Crippen LogP contribution in [0.5, 0.6) is 0 Å². The zero-order chi connectivity index (χ0) is 41.7. The summed E-state index contributed by atoms with van der Waals surface area (Å²) in [6, 6.07) is 16.9. The van der Waals surface area contributed by atoms with Gasteiger partial charge in [0.15, 0.2) is 5.88 Å². The molecule has 0 bridgehead atoms. The first kappa shape index (κ1) is 40.0. The molecule has 2 aromatic heterocycles. The van der Waals surface area contributed by atoms with Crippen molar-refractivity contribution < 1.29 is 28.7 Å². The van der Waals surface area contributed by atoms with E-state index in [-0.39, 0.29) is 58.6 Å². The first-order valence-electron chi connectivity index (χ1n) is 20.0. The Labute approximate surface area is 345 Å². The number of nitrogens with zero attached hydrogens (tertiary/aromatic N) is 4. The molecule has 2 saturated heterocycles. The van der Waals surface area contributed by atoms with E-state index in [1.165, 1.54) is 14.2 Å². The summed E-state index contributed by atoms with van der Waals surface area (Å²) in [6.45, 7) is 7.64. The number of amides is 4. The number of ether oxygens (including phenoxy) is 2. The maximum atomic E-state index is 13.9. The molecule has 14 nitrogen and oxygen atoms in total. The van der Waals surface area contributed by atoms with E-state index in [4.69, 9.17) is 19.4 Å². The number of benzene rings is 3. The first-order chi connectivity index (χ1) is 28.3. The molecule has 0 radical (unpaired) electrons. The van der Waals surface area contributed by atoms with Crippen LogP contribution in [0.1, 0.15) is 57.8 Å². The number of fused-ring (bicyclic) bond motifs is 4. The molecule has 0 spiro atoms. The number of hydrogen-bond donors (Lipinski definition) is 4. The molecule has 4 N–H and O–H groups in total. The van der Waals surface area contributed by atoms with Gasteiger partial charge >= 0.3 is 12.2 Å². The number of carbonyl (C=O) groups is 4. The van der Waals surface area contributed by atoms with Gasteiger partial charge in [-0.25, -0.2) is 19.6 Å². The summed E-state index contributed by atoms with van der Waals surface area (Å²) >= 11 is 0. The maximum Gasteiger partial charge on any atom is 0.407 e. The summed E-state index contributed by atoms with van der Waals surface area (Å²) in [5, 5.41) is 7.53. The number of hydrogen-bond acceptors (Lipinski definition) is 8. The molecular weight excluding hydrogens is 769 g/mol. The van der Waals surface area contributed by atoms with Gasteiger partial charge < -0.3 is 35.0 Å². The van der Waals surface area contributed by atoms with Gasteiger partial charge in [-0.1, -0.05) is 82.3 Å². The number of aromatic nitrogens is 4. The van der Waals surface area contributed by atoms with Gasteiger partial charge in [-0.05, 0) is 52.5 Å². The van der Waals surface area contributed by atoms with Crippen LogP contribution in [0, 0.1) is 17.8 Å². The molecule has 2 fully saturated rings. The number of imidazole rings is 2. The molecule has 3 aromatic carbocycles. The highest BCUT2D eigenvalue weighted by molar-refractivity contribution is 7.96. The Morgan fingerprint density at radius 3 is 2.10 bits per heavy atom. The third kappa shape index (κ3) is 7.52. The maximum absolute atomic E-state index is 13.9. The second-order valence-corrected chi connectivity index (χ2v) is 18.6. The monoisotopic (exact) mass is 819 g/mol. The van der Waals surface area contributed by atoms with E-state index in [1.807, 2.05) is 55.8 Å². The Morgan fingerprint density at radius 2 is 1.46 bits per heavy atom. The van der Waals surface area contributed by atoms with E-state index in [0.29, 0.717) is 11.7 Å². The van der Waals surface area contributed by atoms with Crippen LogP contribution < -0.4 is 10.6 Å². The fraction of sp³-hybridized carbons (Fsp3) is 0.409. The number of alkyl carbamates (subject to hydrolysis) is 2. The highest BCUT2D eigenvalue weighted by atomic mass is 32.2. The zero-order valence-corrected chi connectivity index (χ0v) is 35.1. The predicted molar refractivity (Wildman–Crippen MR) is 228 cm³/mol. The molecule has 2 aliphatic heterocycles. The van der Waals surface area contributed by atoms with E-state index in [0.717, 1.165) is 62.2 Å². The topological polar surface area (TPSA) is 175 Å². The molecule has 4 amide bonds. The fourth-order valence-electron chi connectivity index (χ4n) is 8.58. The number of rotatable bonds is 10. The van der Waals surface area contributed by atoms with Crippen LogP contribution in [0.3, 0.4) is 0 Å². The Kier molecular flexibility index (Phi) is 10.9. The average molecular weight is 820 g/mol. The number of methoxy groups -OCH3 is 2. The molecule has 1 aliphatic carbocycles. The Morgan fingerprint density at radius 1 is 0.797 bits per heavy atom. The van der Waals surface area contributed by atoms with Gasteiger partial charge in [0.2, 0.25) is 11.8 Å². The van der Waals surface area contributed by atoms with E-state index < -0.39 is 24.3 Å². The minimum Gasteiger partial charge on any atom is -0.453 e. The Balaban J connectivity index is 1.00.